The van der Waals surface area contributed by atoms with E-state index in [1.54, 1.807) is 0 Å². The van der Waals surface area contributed by atoms with Gasteiger partial charge in [-0.25, -0.2) is 0 Å². The zero-order valence-corrected chi connectivity index (χ0v) is 9.75. The van der Waals surface area contributed by atoms with Crippen molar-refractivity contribution in [1.29, 1.82) is 0 Å². The molecule has 0 saturated carbocycles. The van der Waals surface area contributed by atoms with Gasteiger partial charge in [0.1, 0.15) is 13.2 Å². The van der Waals surface area contributed by atoms with Crippen LogP contribution in [0.2, 0.25) is 0 Å². The van der Waals surface area contributed by atoms with Gasteiger partial charge in [-0.1, -0.05) is 11.6 Å². The predicted octanol–water partition coefficient (Wildman–Crippen LogP) is 2.84. The first-order chi connectivity index (χ1) is 7.75. The van der Waals surface area contributed by atoms with E-state index in [4.69, 9.17) is 9.47 Å². The molecule has 1 N–H and O–H groups in total. The summed E-state index contributed by atoms with van der Waals surface area (Å²) in [6, 6.07) is 5.93. The second kappa shape index (κ2) is 4.92. The Morgan fingerprint density at radius 1 is 1.25 bits per heavy atom. The van der Waals surface area contributed by atoms with E-state index in [0.29, 0.717) is 13.2 Å². The fourth-order valence-electron chi connectivity index (χ4n) is 1.53. The number of fused-ring (bicyclic) bond motifs is 1. The molecule has 1 aromatic carbocycles. The number of anilines is 1. The summed E-state index contributed by atoms with van der Waals surface area (Å²) in [5.74, 6) is 1.66. The Labute approximate surface area is 96.1 Å². The standard InChI is InChI=1S/C13H17NO2/c1-10(2)5-6-14-11-3-4-12-13(9-11)16-8-7-15-12/h3-5,9,14H,6-8H2,1-2H3. The van der Waals surface area contributed by atoms with Crippen molar-refractivity contribution < 1.29 is 9.47 Å². The van der Waals surface area contributed by atoms with Crippen LogP contribution in [0, 0.1) is 0 Å². The lowest BCUT2D eigenvalue weighted by molar-refractivity contribution is 0.171. The highest BCUT2D eigenvalue weighted by atomic mass is 16.6. The third kappa shape index (κ3) is 2.69. The van der Waals surface area contributed by atoms with Crippen LogP contribution < -0.4 is 14.8 Å². The lowest BCUT2D eigenvalue weighted by atomic mass is 10.2. The molecule has 1 aliphatic heterocycles. The van der Waals surface area contributed by atoms with E-state index in [2.05, 4.69) is 25.2 Å². The van der Waals surface area contributed by atoms with Gasteiger partial charge in [0.05, 0.1) is 0 Å². The summed E-state index contributed by atoms with van der Waals surface area (Å²) in [6.45, 7) is 6.28. The van der Waals surface area contributed by atoms with Crippen LogP contribution in [0.1, 0.15) is 13.8 Å². The summed E-state index contributed by atoms with van der Waals surface area (Å²) >= 11 is 0. The molecule has 0 aliphatic carbocycles. The zero-order chi connectivity index (χ0) is 11.4. The first kappa shape index (κ1) is 10.9. The minimum atomic E-state index is 0.629. The van der Waals surface area contributed by atoms with E-state index in [1.165, 1.54) is 5.57 Å². The van der Waals surface area contributed by atoms with Gasteiger partial charge in [-0.2, -0.15) is 0 Å². The minimum absolute atomic E-state index is 0.629. The number of ether oxygens (including phenoxy) is 2. The summed E-state index contributed by atoms with van der Waals surface area (Å²) in [7, 11) is 0. The number of allylic oxidation sites excluding steroid dienone is 1. The van der Waals surface area contributed by atoms with Gasteiger partial charge in [0.15, 0.2) is 11.5 Å². The SMILES string of the molecule is CC(C)=CCNc1ccc2c(c1)OCCO2. The third-order valence-electron chi connectivity index (χ3n) is 2.36. The Kier molecular flexibility index (Phi) is 3.34. The summed E-state index contributed by atoms with van der Waals surface area (Å²) in [4.78, 5) is 0. The molecule has 0 saturated heterocycles. The summed E-state index contributed by atoms with van der Waals surface area (Å²) in [5, 5.41) is 3.31. The lowest BCUT2D eigenvalue weighted by Crippen LogP contribution is -2.15. The van der Waals surface area contributed by atoms with Gasteiger partial charge >= 0.3 is 0 Å². The van der Waals surface area contributed by atoms with E-state index in [-0.39, 0.29) is 0 Å². The van der Waals surface area contributed by atoms with Gasteiger partial charge in [0, 0.05) is 18.3 Å². The molecule has 0 radical (unpaired) electrons. The molecule has 0 amide bonds. The largest absolute Gasteiger partial charge is 0.486 e. The number of rotatable bonds is 3. The van der Waals surface area contributed by atoms with Gasteiger partial charge in [-0.05, 0) is 26.0 Å². The van der Waals surface area contributed by atoms with Crippen LogP contribution >= 0.6 is 0 Å². The van der Waals surface area contributed by atoms with Crippen LogP contribution in [0.15, 0.2) is 29.8 Å². The van der Waals surface area contributed by atoms with Gasteiger partial charge < -0.3 is 14.8 Å². The molecule has 0 bridgehead atoms. The fourth-order valence-corrected chi connectivity index (χ4v) is 1.53. The topological polar surface area (TPSA) is 30.5 Å². The number of benzene rings is 1. The molecule has 0 spiro atoms. The predicted molar refractivity (Wildman–Crippen MR) is 65.4 cm³/mol. The first-order valence-corrected chi connectivity index (χ1v) is 5.52. The van der Waals surface area contributed by atoms with Crippen molar-refractivity contribution in [1.82, 2.24) is 0 Å². The molecule has 1 heterocycles. The van der Waals surface area contributed by atoms with Crippen molar-refractivity contribution in [2.24, 2.45) is 0 Å². The lowest BCUT2D eigenvalue weighted by Gasteiger charge is -2.19. The third-order valence-corrected chi connectivity index (χ3v) is 2.36. The van der Waals surface area contributed by atoms with Crippen LogP contribution in [0.3, 0.4) is 0 Å². The molecule has 3 heteroatoms. The summed E-state index contributed by atoms with van der Waals surface area (Å²) < 4.78 is 11.0. The van der Waals surface area contributed by atoms with E-state index >= 15 is 0 Å². The maximum absolute atomic E-state index is 5.51. The average Bonchev–Trinajstić information content (AvgIpc) is 2.28. The minimum Gasteiger partial charge on any atom is -0.486 e. The molecule has 2 rings (SSSR count). The molecular weight excluding hydrogens is 202 g/mol. The van der Waals surface area contributed by atoms with E-state index in [9.17, 15) is 0 Å². The summed E-state index contributed by atoms with van der Waals surface area (Å²) in [5.41, 5.74) is 2.37. The molecule has 0 fully saturated rings. The molecular formula is C13H17NO2. The molecule has 0 aromatic heterocycles. The molecule has 3 nitrogen and oxygen atoms in total. The molecule has 16 heavy (non-hydrogen) atoms. The Bertz CT molecular complexity index is 395. The second-order valence-corrected chi connectivity index (χ2v) is 4.02. The number of hydrogen-bond donors (Lipinski definition) is 1. The van der Waals surface area contributed by atoms with E-state index in [0.717, 1.165) is 23.7 Å². The zero-order valence-electron chi connectivity index (χ0n) is 9.75. The highest BCUT2D eigenvalue weighted by Gasteiger charge is 2.10. The van der Waals surface area contributed by atoms with Crippen LogP contribution in [0.5, 0.6) is 11.5 Å². The second-order valence-electron chi connectivity index (χ2n) is 4.02. The maximum Gasteiger partial charge on any atom is 0.163 e. The van der Waals surface area contributed by atoms with Crippen molar-refractivity contribution in [3.63, 3.8) is 0 Å². The summed E-state index contributed by atoms with van der Waals surface area (Å²) in [6.07, 6.45) is 2.15. The van der Waals surface area contributed by atoms with Gasteiger partial charge in [0.25, 0.3) is 0 Å². The molecule has 0 atom stereocenters. The first-order valence-electron chi connectivity index (χ1n) is 5.52. The van der Waals surface area contributed by atoms with Crippen LogP contribution in [0.25, 0.3) is 0 Å². The van der Waals surface area contributed by atoms with Crippen LogP contribution in [-0.4, -0.2) is 19.8 Å². The monoisotopic (exact) mass is 219 g/mol. The highest BCUT2D eigenvalue weighted by molar-refractivity contribution is 5.55. The van der Waals surface area contributed by atoms with Gasteiger partial charge in [-0.3, -0.25) is 0 Å². The highest BCUT2D eigenvalue weighted by Crippen LogP contribution is 2.32. The number of nitrogens with one attached hydrogen (secondary N) is 1. The normalized spacial score (nSPS) is 13.1. The maximum atomic E-state index is 5.51. The molecule has 0 unspecified atom stereocenters. The van der Waals surface area contributed by atoms with Gasteiger partial charge in [0.2, 0.25) is 0 Å². The Morgan fingerprint density at radius 2 is 2.00 bits per heavy atom. The molecule has 1 aliphatic rings. The van der Waals surface area contributed by atoms with Crippen molar-refractivity contribution in [2.75, 3.05) is 25.1 Å². The molecule has 1 aromatic rings. The fraction of sp³-hybridized carbons (Fsp3) is 0.385. The van der Waals surface area contributed by atoms with Gasteiger partial charge in [-0.15, -0.1) is 0 Å². The Hall–Kier alpha value is -1.64. The van der Waals surface area contributed by atoms with Crippen LogP contribution in [0.4, 0.5) is 5.69 Å². The quantitative estimate of drug-likeness (QED) is 0.793. The Balaban J connectivity index is 2.03. The van der Waals surface area contributed by atoms with Crippen LogP contribution in [-0.2, 0) is 0 Å². The molecule has 86 valence electrons. The van der Waals surface area contributed by atoms with Crippen molar-refractivity contribution in [3.8, 4) is 11.5 Å². The average molecular weight is 219 g/mol. The van der Waals surface area contributed by atoms with Crippen molar-refractivity contribution >= 4 is 5.69 Å². The van der Waals surface area contributed by atoms with Crippen molar-refractivity contribution in [2.45, 2.75) is 13.8 Å². The smallest absolute Gasteiger partial charge is 0.163 e. The van der Waals surface area contributed by atoms with Crippen molar-refractivity contribution in [3.05, 3.63) is 29.8 Å². The number of hydrogen-bond acceptors (Lipinski definition) is 3. The van der Waals surface area contributed by atoms with E-state index in [1.807, 2.05) is 18.2 Å². The van der Waals surface area contributed by atoms with E-state index < -0.39 is 0 Å². The Morgan fingerprint density at radius 3 is 2.75 bits per heavy atom.